The molecule has 1 atom stereocenters. The first-order valence-electron chi connectivity index (χ1n) is 10.1. The lowest BCUT2D eigenvalue weighted by Gasteiger charge is -2.22. The number of nitrogens with one attached hydrogen (secondary N) is 2. The summed E-state index contributed by atoms with van der Waals surface area (Å²) >= 11 is 5.91. The van der Waals surface area contributed by atoms with E-state index >= 15 is 0 Å². The number of hydrogen-bond acceptors (Lipinski definition) is 5. The minimum Gasteiger partial charge on any atom is -0.325 e. The molecule has 1 fully saturated rings. The Kier molecular flexibility index (Phi) is 6.19. The summed E-state index contributed by atoms with van der Waals surface area (Å²) in [7, 11) is 0. The maximum Gasteiger partial charge on any atom is 0.325 e. The first kappa shape index (κ1) is 22.2. The van der Waals surface area contributed by atoms with Gasteiger partial charge in [-0.25, -0.2) is 4.79 Å². The van der Waals surface area contributed by atoms with Crippen molar-refractivity contribution in [3.8, 4) is 0 Å². The van der Waals surface area contributed by atoms with Crippen LogP contribution < -0.4 is 10.6 Å². The predicted molar refractivity (Wildman–Crippen MR) is 125 cm³/mol. The van der Waals surface area contributed by atoms with E-state index in [2.05, 4.69) is 20.9 Å². The first-order chi connectivity index (χ1) is 15.8. The van der Waals surface area contributed by atoms with E-state index in [1.165, 1.54) is 0 Å². The summed E-state index contributed by atoms with van der Waals surface area (Å²) in [5.74, 6) is -1.01. The molecule has 3 aromatic rings. The van der Waals surface area contributed by atoms with E-state index in [1.807, 2.05) is 30.3 Å². The highest BCUT2D eigenvalue weighted by atomic mass is 35.5. The maximum atomic E-state index is 13.0. The van der Waals surface area contributed by atoms with Crippen LogP contribution in [0.4, 0.5) is 21.9 Å². The van der Waals surface area contributed by atoms with Gasteiger partial charge in [-0.1, -0.05) is 41.9 Å². The lowest BCUT2D eigenvalue weighted by atomic mass is 9.92. The zero-order valence-electron chi connectivity index (χ0n) is 17.7. The van der Waals surface area contributed by atoms with Crippen molar-refractivity contribution in [3.05, 3.63) is 89.4 Å². The first-order valence-corrected chi connectivity index (χ1v) is 10.5. The molecule has 4 amide bonds. The Balaban J connectivity index is 1.38. The molecule has 1 aliphatic heterocycles. The van der Waals surface area contributed by atoms with Crippen LogP contribution >= 0.6 is 11.6 Å². The third kappa shape index (κ3) is 4.91. The molecule has 3 aromatic carbocycles. The summed E-state index contributed by atoms with van der Waals surface area (Å²) in [6.45, 7) is 1.18. The number of anilines is 1. The Morgan fingerprint density at radius 1 is 0.939 bits per heavy atom. The van der Waals surface area contributed by atoms with E-state index in [9.17, 15) is 14.4 Å². The molecule has 0 bridgehead atoms. The number of imide groups is 1. The molecule has 166 valence electrons. The average molecular weight is 462 g/mol. The van der Waals surface area contributed by atoms with Gasteiger partial charge in [-0.3, -0.25) is 14.5 Å². The van der Waals surface area contributed by atoms with Gasteiger partial charge in [-0.15, -0.1) is 0 Å². The average Bonchev–Trinajstić information content (AvgIpc) is 3.03. The second-order valence-corrected chi connectivity index (χ2v) is 8.02. The molecule has 4 rings (SSSR count). The van der Waals surface area contributed by atoms with Crippen LogP contribution in [0.3, 0.4) is 0 Å². The number of amides is 4. The van der Waals surface area contributed by atoms with Crippen LogP contribution in [0.1, 0.15) is 12.5 Å². The van der Waals surface area contributed by atoms with E-state index in [4.69, 9.17) is 11.6 Å². The largest absolute Gasteiger partial charge is 0.325 e. The molecule has 1 heterocycles. The molecule has 0 radical (unpaired) electrons. The second-order valence-electron chi connectivity index (χ2n) is 7.58. The van der Waals surface area contributed by atoms with Gasteiger partial charge < -0.3 is 10.6 Å². The molecule has 33 heavy (non-hydrogen) atoms. The number of hydrogen-bond donors (Lipinski definition) is 2. The van der Waals surface area contributed by atoms with Gasteiger partial charge in [-0.05, 0) is 61.0 Å². The lowest BCUT2D eigenvalue weighted by Crippen LogP contribution is -2.42. The molecule has 0 spiro atoms. The number of carbonyl (C=O) groups is 3. The van der Waals surface area contributed by atoms with Gasteiger partial charge >= 0.3 is 6.03 Å². The number of rotatable bonds is 6. The van der Waals surface area contributed by atoms with Crippen LogP contribution in [-0.4, -0.2) is 29.3 Å². The Labute approximate surface area is 195 Å². The minimum atomic E-state index is -1.27. The Morgan fingerprint density at radius 2 is 1.55 bits per heavy atom. The quantitative estimate of drug-likeness (QED) is 0.391. The number of benzene rings is 3. The van der Waals surface area contributed by atoms with Crippen LogP contribution in [0.25, 0.3) is 0 Å². The van der Waals surface area contributed by atoms with Crippen molar-refractivity contribution < 1.29 is 14.4 Å². The van der Waals surface area contributed by atoms with Gasteiger partial charge in [0.1, 0.15) is 12.1 Å². The monoisotopic (exact) mass is 461 g/mol. The SMILES string of the molecule is CC1(c2ccc(Cl)cc2)NC(=O)N(CC(=O)Nc2ccc(N=Nc3ccccc3)cc2)C1=O. The van der Waals surface area contributed by atoms with Crippen molar-refractivity contribution in [2.24, 2.45) is 10.2 Å². The molecule has 0 aliphatic carbocycles. The van der Waals surface area contributed by atoms with Gasteiger partial charge in [0.05, 0.1) is 11.4 Å². The van der Waals surface area contributed by atoms with Crippen molar-refractivity contribution in [1.82, 2.24) is 10.2 Å². The third-order valence-electron chi connectivity index (χ3n) is 5.19. The number of nitrogens with zero attached hydrogens (tertiary/aromatic N) is 3. The number of urea groups is 1. The Bertz CT molecular complexity index is 1210. The van der Waals surface area contributed by atoms with E-state index in [-0.39, 0.29) is 0 Å². The predicted octanol–water partition coefficient (Wildman–Crippen LogP) is 5.16. The molecule has 8 nitrogen and oxygen atoms in total. The van der Waals surface area contributed by atoms with Gasteiger partial charge in [-0.2, -0.15) is 10.2 Å². The van der Waals surface area contributed by atoms with Gasteiger partial charge in [0.25, 0.3) is 5.91 Å². The molecule has 1 unspecified atom stereocenters. The summed E-state index contributed by atoms with van der Waals surface area (Å²) in [4.78, 5) is 38.8. The zero-order chi connectivity index (χ0) is 23.4. The van der Waals surface area contributed by atoms with Crippen LogP contribution in [-0.2, 0) is 15.1 Å². The van der Waals surface area contributed by atoms with E-state index in [1.54, 1.807) is 55.5 Å². The fourth-order valence-corrected chi connectivity index (χ4v) is 3.51. The highest BCUT2D eigenvalue weighted by Crippen LogP contribution is 2.29. The maximum absolute atomic E-state index is 13.0. The van der Waals surface area contributed by atoms with Crippen LogP contribution in [0.15, 0.2) is 89.1 Å². The highest BCUT2D eigenvalue weighted by molar-refractivity contribution is 6.30. The normalized spacial score (nSPS) is 17.9. The topological polar surface area (TPSA) is 103 Å². The lowest BCUT2D eigenvalue weighted by molar-refractivity contribution is -0.133. The van der Waals surface area contributed by atoms with Crippen LogP contribution in [0.2, 0.25) is 5.02 Å². The van der Waals surface area contributed by atoms with Gasteiger partial charge in [0.15, 0.2) is 0 Å². The van der Waals surface area contributed by atoms with E-state index in [0.717, 1.165) is 10.6 Å². The number of carbonyl (C=O) groups excluding carboxylic acids is 3. The standard InChI is InChI=1S/C24H20ClN5O3/c1-24(16-7-9-17(25)10-8-16)22(32)30(23(33)27-24)15-21(31)26-18-11-13-20(14-12-18)29-28-19-5-3-2-4-6-19/h2-14H,15H2,1H3,(H,26,31)(H,27,33). The van der Waals surface area contributed by atoms with Gasteiger partial charge in [0.2, 0.25) is 5.91 Å². The summed E-state index contributed by atoms with van der Waals surface area (Å²) in [6, 6.07) is 22.0. The molecule has 2 N–H and O–H groups in total. The van der Waals surface area contributed by atoms with Crippen molar-refractivity contribution in [3.63, 3.8) is 0 Å². The Hall–Kier alpha value is -4.04. The molecule has 1 saturated heterocycles. The molecule has 1 aliphatic rings. The van der Waals surface area contributed by atoms with Crippen molar-refractivity contribution in [2.75, 3.05) is 11.9 Å². The van der Waals surface area contributed by atoms with Crippen molar-refractivity contribution in [1.29, 1.82) is 0 Å². The molecule has 0 saturated carbocycles. The summed E-state index contributed by atoms with van der Waals surface area (Å²) < 4.78 is 0. The molecule has 0 aromatic heterocycles. The van der Waals surface area contributed by atoms with Crippen molar-refractivity contribution in [2.45, 2.75) is 12.5 Å². The summed E-state index contributed by atoms with van der Waals surface area (Å²) in [5, 5.41) is 14.1. The number of azo groups is 1. The fourth-order valence-electron chi connectivity index (χ4n) is 3.39. The Morgan fingerprint density at radius 3 is 2.18 bits per heavy atom. The third-order valence-corrected chi connectivity index (χ3v) is 5.44. The minimum absolute atomic E-state index is 0.413. The summed E-state index contributed by atoms with van der Waals surface area (Å²) in [5.41, 5.74) is 1.16. The van der Waals surface area contributed by atoms with Crippen LogP contribution in [0.5, 0.6) is 0 Å². The van der Waals surface area contributed by atoms with Crippen LogP contribution in [0, 0.1) is 0 Å². The van der Waals surface area contributed by atoms with Gasteiger partial charge in [0, 0.05) is 10.7 Å². The van der Waals surface area contributed by atoms with E-state index < -0.39 is 29.9 Å². The van der Waals surface area contributed by atoms with Crippen molar-refractivity contribution >= 4 is 46.5 Å². The highest BCUT2D eigenvalue weighted by Gasteiger charge is 2.49. The fraction of sp³-hybridized carbons (Fsp3) is 0.125. The smallest absolute Gasteiger partial charge is 0.325 e. The molecular formula is C24H20ClN5O3. The molecule has 9 heteroatoms. The number of halogens is 1. The zero-order valence-corrected chi connectivity index (χ0v) is 18.4. The van der Waals surface area contributed by atoms with E-state index in [0.29, 0.717) is 22.0 Å². The molecular weight excluding hydrogens is 442 g/mol. The summed E-state index contributed by atoms with van der Waals surface area (Å²) in [6.07, 6.45) is 0. The second kappa shape index (κ2) is 9.22.